The molecule has 0 radical (unpaired) electrons. The second-order valence-electron chi connectivity index (χ2n) is 5.77. The number of carbonyl (C=O) groups excluding carboxylic acids is 2. The summed E-state index contributed by atoms with van der Waals surface area (Å²) in [5, 5.41) is 6.96. The van der Waals surface area contributed by atoms with Crippen LogP contribution in [-0.4, -0.2) is 35.4 Å². The van der Waals surface area contributed by atoms with Gasteiger partial charge in [-0.05, 0) is 37.6 Å². The number of rotatable bonds is 7. The number of aromatic nitrogens is 2. The number of amides is 1. The van der Waals surface area contributed by atoms with E-state index in [1.165, 1.54) is 6.08 Å². The van der Waals surface area contributed by atoms with Crippen LogP contribution < -0.4 is 10.1 Å². The minimum atomic E-state index is -0.577. The fourth-order valence-corrected chi connectivity index (χ4v) is 2.36. The van der Waals surface area contributed by atoms with E-state index in [4.69, 9.17) is 9.47 Å². The van der Waals surface area contributed by atoms with Gasteiger partial charge in [0.1, 0.15) is 5.75 Å². The number of methoxy groups -OCH3 is 1. The van der Waals surface area contributed by atoms with E-state index in [2.05, 4.69) is 10.4 Å². The van der Waals surface area contributed by atoms with E-state index < -0.39 is 5.97 Å². The molecular weight excluding hydrogens is 334 g/mol. The monoisotopic (exact) mass is 357 g/mol. The van der Waals surface area contributed by atoms with Gasteiger partial charge in [-0.1, -0.05) is 12.1 Å². The molecule has 0 fully saturated rings. The molecule has 0 atom stereocenters. The quantitative estimate of drug-likeness (QED) is 0.605. The van der Waals surface area contributed by atoms with Crippen LogP contribution in [0.2, 0.25) is 0 Å². The minimum Gasteiger partial charge on any atom is -0.497 e. The van der Waals surface area contributed by atoms with Crippen molar-refractivity contribution < 1.29 is 19.1 Å². The molecule has 0 spiro atoms. The van der Waals surface area contributed by atoms with Crippen molar-refractivity contribution in [1.29, 1.82) is 0 Å². The zero-order chi connectivity index (χ0) is 19.1. The number of hydrogen-bond acceptors (Lipinski definition) is 5. The Morgan fingerprint density at radius 2 is 1.92 bits per heavy atom. The smallest absolute Gasteiger partial charge is 0.331 e. The molecule has 0 aliphatic carbocycles. The molecule has 7 heteroatoms. The van der Waals surface area contributed by atoms with E-state index in [0.717, 1.165) is 28.3 Å². The predicted molar refractivity (Wildman–Crippen MR) is 97.5 cm³/mol. The highest BCUT2D eigenvalue weighted by Crippen LogP contribution is 2.13. The Labute approximate surface area is 152 Å². The number of hydrogen-bond donors (Lipinski definition) is 1. The molecule has 138 valence electrons. The zero-order valence-corrected chi connectivity index (χ0v) is 15.4. The maximum absolute atomic E-state index is 11.8. The molecule has 0 saturated heterocycles. The van der Waals surface area contributed by atoms with Gasteiger partial charge in [-0.2, -0.15) is 5.10 Å². The first-order valence-electron chi connectivity index (χ1n) is 8.15. The van der Waals surface area contributed by atoms with Crippen LogP contribution in [-0.2, 0) is 27.9 Å². The van der Waals surface area contributed by atoms with Gasteiger partial charge in [0.05, 0.1) is 12.8 Å². The molecule has 7 nitrogen and oxygen atoms in total. The van der Waals surface area contributed by atoms with Gasteiger partial charge in [-0.15, -0.1) is 0 Å². The van der Waals surface area contributed by atoms with Crippen molar-refractivity contribution in [2.45, 2.75) is 20.4 Å². The van der Waals surface area contributed by atoms with Gasteiger partial charge in [0.2, 0.25) is 0 Å². The van der Waals surface area contributed by atoms with Crippen molar-refractivity contribution in [3.63, 3.8) is 0 Å². The maximum Gasteiger partial charge on any atom is 0.331 e. The molecule has 26 heavy (non-hydrogen) atoms. The van der Waals surface area contributed by atoms with Crippen LogP contribution in [0.25, 0.3) is 6.08 Å². The van der Waals surface area contributed by atoms with Gasteiger partial charge in [0, 0.05) is 30.9 Å². The molecule has 2 aromatic rings. The molecule has 1 aromatic carbocycles. The summed E-state index contributed by atoms with van der Waals surface area (Å²) in [6.07, 6.45) is 2.95. The summed E-state index contributed by atoms with van der Waals surface area (Å²) < 4.78 is 11.8. The van der Waals surface area contributed by atoms with E-state index in [1.807, 2.05) is 45.2 Å². The molecule has 1 heterocycles. The third-order valence-electron chi connectivity index (χ3n) is 3.95. The lowest BCUT2D eigenvalue weighted by atomic mass is 10.2. The lowest BCUT2D eigenvalue weighted by molar-refractivity contribution is -0.143. The molecular formula is C19H23N3O4. The standard InChI is InChI=1S/C19H23N3O4/c1-13-17(14(2)22(3)21-13)9-10-19(24)26-12-18(23)20-11-15-5-7-16(25-4)8-6-15/h5-10H,11-12H2,1-4H3,(H,20,23)/b10-9+. The van der Waals surface area contributed by atoms with Crippen LogP contribution in [0, 0.1) is 13.8 Å². The van der Waals surface area contributed by atoms with Gasteiger partial charge < -0.3 is 14.8 Å². The van der Waals surface area contributed by atoms with Crippen LogP contribution in [0.5, 0.6) is 5.75 Å². The number of benzene rings is 1. The average Bonchev–Trinajstić information content (AvgIpc) is 2.88. The Morgan fingerprint density at radius 1 is 1.23 bits per heavy atom. The van der Waals surface area contributed by atoms with E-state index in [9.17, 15) is 9.59 Å². The Balaban J connectivity index is 1.77. The Kier molecular flexibility index (Phi) is 6.54. The second-order valence-corrected chi connectivity index (χ2v) is 5.77. The third kappa shape index (κ3) is 5.20. The Morgan fingerprint density at radius 3 is 2.50 bits per heavy atom. The highest BCUT2D eigenvalue weighted by atomic mass is 16.5. The lowest BCUT2D eigenvalue weighted by Crippen LogP contribution is -2.28. The highest BCUT2D eigenvalue weighted by Gasteiger charge is 2.08. The molecule has 0 unspecified atom stereocenters. The van der Waals surface area contributed by atoms with Gasteiger partial charge in [-0.25, -0.2) is 4.79 Å². The number of aryl methyl sites for hydroxylation is 2. The summed E-state index contributed by atoms with van der Waals surface area (Å²) in [7, 11) is 3.43. The van der Waals surface area contributed by atoms with Crippen molar-refractivity contribution >= 4 is 18.0 Å². The SMILES string of the molecule is COc1ccc(CNC(=O)COC(=O)/C=C/c2c(C)nn(C)c2C)cc1. The Bertz CT molecular complexity index is 807. The number of carbonyl (C=O) groups is 2. The summed E-state index contributed by atoms with van der Waals surface area (Å²) in [5.41, 5.74) is 3.57. The fraction of sp³-hybridized carbons (Fsp3) is 0.316. The molecule has 2 rings (SSSR count). The number of ether oxygens (including phenoxy) is 2. The first-order chi connectivity index (χ1) is 12.4. The summed E-state index contributed by atoms with van der Waals surface area (Å²) in [5.74, 6) is -0.191. The van der Waals surface area contributed by atoms with Crippen molar-refractivity contribution in [2.24, 2.45) is 7.05 Å². The molecule has 1 aromatic heterocycles. The number of nitrogens with one attached hydrogen (secondary N) is 1. The topological polar surface area (TPSA) is 82.4 Å². The normalized spacial score (nSPS) is 10.8. The van der Waals surface area contributed by atoms with E-state index in [0.29, 0.717) is 6.54 Å². The first kappa shape index (κ1) is 19.2. The molecule has 1 amide bonds. The van der Waals surface area contributed by atoms with Gasteiger partial charge in [-0.3, -0.25) is 9.48 Å². The molecule has 0 bridgehead atoms. The van der Waals surface area contributed by atoms with Gasteiger partial charge in [0.15, 0.2) is 6.61 Å². The number of nitrogens with zero attached hydrogens (tertiary/aromatic N) is 2. The van der Waals surface area contributed by atoms with Crippen LogP contribution >= 0.6 is 0 Å². The average molecular weight is 357 g/mol. The summed E-state index contributed by atoms with van der Waals surface area (Å²) in [6.45, 7) is 3.80. The fourth-order valence-electron chi connectivity index (χ4n) is 2.36. The zero-order valence-electron chi connectivity index (χ0n) is 15.4. The van der Waals surface area contributed by atoms with Crippen LogP contribution in [0.4, 0.5) is 0 Å². The van der Waals surface area contributed by atoms with Gasteiger partial charge >= 0.3 is 5.97 Å². The van der Waals surface area contributed by atoms with E-state index >= 15 is 0 Å². The highest BCUT2D eigenvalue weighted by molar-refractivity contribution is 5.89. The van der Waals surface area contributed by atoms with Crippen LogP contribution in [0.1, 0.15) is 22.5 Å². The first-order valence-corrected chi connectivity index (χ1v) is 8.15. The summed E-state index contributed by atoms with van der Waals surface area (Å²) in [6, 6.07) is 7.34. The lowest BCUT2D eigenvalue weighted by Gasteiger charge is -2.06. The van der Waals surface area contributed by atoms with Crippen LogP contribution in [0.3, 0.4) is 0 Å². The van der Waals surface area contributed by atoms with Crippen LogP contribution in [0.15, 0.2) is 30.3 Å². The number of esters is 1. The summed E-state index contributed by atoms with van der Waals surface area (Å²) >= 11 is 0. The Hall–Kier alpha value is -3.09. The van der Waals surface area contributed by atoms with Crippen molar-refractivity contribution in [1.82, 2.24) is 15.1 Å². The summed E-state index contributed by atoms with van der Waals surface area (Å²) in [4.78, 5) is 23.5. The molecule has 0 aliphatic heterocycles. The van der Waals surface area contributed by atoms with Gasteiger partial charge in [0.25, 0.3) is 5.91 Å². The van der Waals surface area contributed by atoms with E-state index in [-0.39, 0.29) is 12.5 Å². The molecule has 0 aliphatic rings. The van der Waals surface area contributed by atoms with Crippen molar-refractivity contribution in [3.8, 4) is 5.75 Å². The van der Waals surface area contributed by atoms with E-state index in [1.54, 1.807) is 17.9 Å². The molecule has 0 saturated carbocycles. The maximum atomic E-state index is 11.8. The predicted octanol–water partition coefficient (Wildman–Crippen LogP) is 1.92. The van der Waals surface area contributed by atoms with Crippen molar-refractivity contribution in [3.05, 3.63) is 52.9 Å². The second kappa shape index (κ2) is 8.84. The third-order valence-corrected chi connectivity index (χ3v) is 3.95. The van der Waals surface area contributed by atoms with Crippen molar-refractivity contribution in [2.75, 3.05) is 13.7 Å². The minimum absolute atomic E-state index is 0.329. The molecule has 1 N–H and O–H groups in total. The largest absolute Gasteiger partial charge is 0.497 e.